The molecule has 1 heterocycles. The number of aromatic nitrogens is 2. The van der Waals surface area contributed by atoms with Crippen molar-refractivity contribution in [1.82, 2.24) is 9.97 Å². The van der Waals surface area contributed by atoms with Crippen molar-refractivity contribution in [2.45, 2.75) is 50.8 Å². The Bertz CT molecular complexity index is 1420. The molecule has 1 N–H and O–H groups in total. The number of halogens is 1. The number of nitrogens with one attached hydrogen (secondary N) is 1. The zero-order valence-electron chi connectivity index (χ0n) is 22.2. The molecular weight excluding hydrogens is 528 g/mol. The first-order valence-electron chi connectivity index (χ1n) is 13.0. The van der Waals surface area contributed by atoms with Gasteiger partial charge in [-0.3, -0.25) is 10.1 Å². The van der Waals surface area contributed by atoms with E-state index in [-0.39, 0.29) is 34.0 Å². The van der Waals surface area contributed by atoms with Crippen molar-refractivity contribution in [3.63, 3.8) is 0 Å². The molecule has 200 valence electrons. The standard InChI is InChI=1S/C30H31ClN4O3Si/c1-30(2,3)39(21-12-6-4-7-13-21,22-14-8-5-9-15-22)38-27-19-18-25(23-16-10-11-17-24(23)27)33-28-26(35(36)37)20-32-29(31)34-28/h4-17,20,25,27H,18-19H2,1-3H3,(H,32,33,34)/t25-,27-/m1/s1. The molecule has 0 saturated carbocycles. The highest BCUT2D eigenvalue weighted by atomic mass is 35.5. The summed E-state index contributed by atoms with van der Waals surface area (Å²) < 4.78 is 7.48. The summed E-state index contributed by atoms with van der Waals surface area (Å²) in [5, 5.41) is 17.2. The lowest BCUT2D eigenvalue weighted by Crippen LogP contribution is -2.67. The van der Waals surface area contributed by atoms with Gasteiger partial charge in [0.05, 0.1) is 17.1 Å². The summed E-state index contributed by atoms with van der Waals surface area (Å²) in [5.41, 5.74) is 1.91. The smallest absolute Gasteiger partial charge is 0.329 e. The summed E-state index contributed by atoms with van der Waals surface area (Å²) in [7, 11) is -2.78. The van der Waals surface area contributed by atoms with Crippen molar-refractivity contribution in [3.05, 3.63) is 118 Å². The quantitative estimate of drug-likeness (QED) is 0.119. The Kier molecular flexibility index (Phi) is 7.53. The SMILES string of the molecule is CC(C)(C)[Si](O[C@@H]1CC[C@@H](Nc2nc(Cl)ncc2[N+](=O)[O-])c2ccccc21)(c1ccccc1)c1ccccc1. The van der Waals surface area contributed by atoms with Gasteiger partial charge in [-0.25, -0.2) is 4.98 Å². The monoisotopic (exact) mass is 558 g/mol. The van der Waals surface area contributed by atoms with Gasteiger partial charge in [-0.1, -0.05) is 106 Å². The minimum Gasteiger partial charge on any atom is -0.400 e. The van der Waals surface area contributed by atoms with Crippen LogP contribution in [0.1, 0.15) is 56.9 Å². The van der Waals surface area contributed by atoms with Gasteiger partial charge < -0.3 is 9.74 Å². The number of nitrogens with zero attached hydrogens (tertiary/aromatic N) is 3. The number of anilines is 1. The third-order valence-corrected chi connectivity index (χ3v) is 12.6. The zero-order valence-corrected chi connectivity index (χ0v) is 23.9. The number of hydrogen-bond donors (Lipinski definition) is 1. The summed E-state index contributed by atoms with van der Waals surface area (Å²) in [6, 6.07) is 29.2. The first-order valence-corrected chi connectivity index (χ1v) is 15.3. The molecule has 1 aliphatic carbocycles. The molecule has 0 radical (unpaired) electrons. The van der Waals surface area contributed by atoms with Gasteiger partial charge in [0.2, 0.25) is 11.1 Å². The fourth-order valence-electron chi connectivity index (χ4n) is 5.69. The van der Waals surface area contributed by atoms with Gasteiger partial charge >= 0.3 is 5.69 Å². The molecule has 9 heteroatoms. The molecule has 0 aliphatic heterocycles. The van der Waals surface area contributed by atoms with E-state index in [4.69, 9.17) is 16.0 Å². The predicted octanol–water partition coefficient (Wildman–Crippen LogP) is 6.60. The fourth-order valence-corrected chi connectivity index (χ4v) is 10.5. The first-order chi connectivity index (χ1) is 18.7. The molecule has 3 aromatic carbocycles. The highest BCUT2D eigenvalue weighted by molar-refractivity contribution is 6.99. The van der Waals surface area contributed by atoms with Gasteiger partial charge in [0.15, 0.2) is 0 Å². The van der Waals surface area contributed by atoms with E-state index >= 15 is 0 Å². The van der Waals surface area contributed by atoms with E-state index in [0.29, 0.717) is 6.42 Å². The van der Waals surface area contributed by atoms with Crippen molar-refractivity contribution in [1.29, 1.82) is 0 Å². The van der Waals surface area contributed by atoms with E-state index in [2.05, 4.69) is 96.7 Å². The van der Waals surface area contributed by atoms with Crippen LogP contribution in [0.25, 0.3) is 0 Å². The highest BCUT2D eigenvalue weighted by Crippen LogP contribution is 2.45. The van der Waals surface area contributed by atoms with Crippen molar-refractivity contribution < 1.29 is 9.35 Å². The molecule has 1 aromatic heterocycles. The number of fused-ring (bicyclic) bond motifs is 1. The molecule has 0 fully saturated rings. The molecule has 7 nitrogen and oxygen atoms in total. The first kappa shape index (κ1) is 27.0. The van der Waals surface area contributed by atoms with E-state index in [9.17, 15) is 10.1 Å². The predicted molar refractivity (Wildman–Crippen MR) is 157 cm³/mol. The van der Waals surface area contributed by atoms with Crippen LogP contribution in [0, 0.1) is 10.1 Å². The second-order valence-electron chi connectivity index (χ2n) is 10.8. The Labute approximate surface area is 234 Å². The summed E-state index contributed by atoms with van der Waals surface area (Å²) in [5.74, 6) is 0.117. The van der Waals surface area contributed by atoms with E-state index in [1.54, 1.807) is 0 Å². The van der Waals surface area contributed by atoms with Crippen LogP contribution in [-0.4, -0.2) is 23.2 Å². The van der Waals surface area contributed by atoms with Crippen LogP contribution in [0.2, 0.25) is 10.3 Å². The second-order valence-corrected chi connectivity index (χ2v) is 15.4. The van der Waals surface area contributed by atoms with Crippen molar-refractivity contribution >= 4 is 41.8 Å². The molecule has 1 aliphatic rings. The van der Waals surface area contributed by atoms with Gasteiger partial charge in [0.25, 0.3) is 8.32 Å². The Hall–Kier alpha value is -3.59. The molecule has 0 saturated heterocycles. The maximum absolute atomic E-state index is 11.6. The van der Waals surface area contributed by atoms with Gasteiger partial charge in [-0.2, -0.15) is 4.98 Å². The van der Waals surface area contributed by atoms with Crippen molar-refractivity contribution in [2.24, 2.45) is 0 Å². The van der Waals surface area contributed by atoms with E-state index in [1.165, 1.54) is 10.4 Å². The molecule has 39 heavy (non-hydrogen) atoms. The Balaban J connectivity index is 1.57. The lowest BCUT2D eigenvalue weighted by atomic mass is 9.86. The van der Waals surface area contributed by atoms with Crippen LogP contribution >= 0.6 is 11.6 Å². The van der Waals surface area contributed by atoms with Gasteiger partial charge in [0, 0.05) is 0 Å². The van der Waals surface area contributed by atoms with Crippen LogP contribution < -0.4 is 15.7 Å². The van der Waals surface area contributed by atoms with Gasteiger partial charge in [0.1, 0.15) is 6.20 Å². The minimum absolute atomic E-state index is 0.0416. The Morgan fingerprint density at radius 2 is 1.49 bits per heavy atom. The van der Waals surface area contributed by atoms with Crippen LogP contribution in [0.5, 0.6) is 0 Å². The summed E-state index contributed by atoms with van der Waals surface area (Å²) >= 11 is 5.99. The average Bonchev–Trinajstić information content (AvgIpc) is 2.93. The maximum Gasteiger partial charge on any atom is 0.329 e. The number of rotatable bonds is 7. The minimum atomic E-state index is -2.78. The molecule has 4 aromatic rings. The Morgan fingerprint density at radius 3 is 2.05 bits per heavy atom. The molecular formula is C30H31ClN4O3Si. The van der Waals surface area contributed by atoms with E-state index in [0.717, 1.165) is 23.7 Å². The normalized spacial score (nSPS) is 17.3. The van der Waals surface area contributed by atoms with Crippen molar-refractivity contribution in [3.8, 4) is 0 Å². The van der Waals surface area contributed by atoms with Crippen LogP contribution in [-0.2, 0) is 4.43 Å². The van der Waals surface area contributed by atoms with Crippen LogP contribution in [0.4, 0.5) is 11.5 Å². The van der Waals surface area contributed by atoms with E-state index < -0.39 is 13.2 Å². The van der Waals surface area contributed by atoms with Crippen LogP contribution in [0.3, 0.4) is 0 Å². The molecule has 0 bridgehead atoms. The zero-order chi connectivity index (χ0) is 27.6. The fraction of sp³-hybridized carbons (Fsp3) is 0.267. The molecule has 2 atom stereocenters. The number of benzene rings is 3. The molecule has 0 amide bonds. The highest BCUT2D eigenvalue weighted by Gasteiger charge is 2.52. The summed E-state index contributed by atoms with van der Waals surface area (Å²) in [6.07, 6.45) is 2.45. The third-order valence-electron chi connectivity index (χ3n) is 7.42. The summed E-state index contributed by atoms with van der Waals surface area (Å²) in [4.78, 5) is 19.0. The lowest BCUT2D eigenvalue weighted by molar-refractivity contribution is -0.384. The van der Waals surface area contributed by atoms with Gasteiger partial charge in [-0.15, -0.1) is 0 Å². The average molecular weight is 559 g/mol. The molecule has 0 spiro atoms. The summed E-state index contributed by atoms with van der Waals surface area (Å²) in [6.45, 7) is 6.82. The number of nitro groups is 1. The van der Waals surface area contributed by atoms with Crippen LogP contribution in [0.15, 0.2) is 91.1 Å². The van der Waals surface area contributed by atoms with Gasteiger partial charge in [-0.05, 0) is 51.0 Å². The van der Waals surface area contributed by atoms with E-state index in [1.807, 2.05) is 24.3 Å². The second kappa shape index (κ2) is 10.9. The molecule has 5 rings (SSSR count). The topological polar surface area (TPSA) is 90.2 Å². The lowest BCUT2D eigenvalue weighted by Gasteiger charge is -2.46. The maximum atomic E-state index is 11.6. The number of hydrogen-bond acceptors (Lipinski definition) is 6. The largest absolute Gasteiger partial charge is 0.400 e. The molecule has 0 unspecified atom stereocenters. The Morgan fingerprint density at radius 1 is 0.923 bits per heavy atom. The van der Waals surface area contributed by atoms with Crippen molar-refractivity contribution in [2.75, 3.05) is 5.32 Å². The third kappa shape index (κ3) is 5.19.